The van der Waals surface area contributed by atoms with Crippen LogP contribution in [0.2, 0.25) is 5.02 Å². The van der Waals surface area contributed by atoms with Crippen molar-refractivity contribution < 1.29 is 4.74 Å². The van der Waals surface area contributed by atoms with Gasteiger partial charge in [0.2, 0.25) is 0 Å². The van der Waals surface area contributed by atoms with Crippen LogP contribution in [0, 0.1) is 0 Å². The molecular formula is C11H11BrClNO. The molecule has 0 radical (unpaired) electrons. The third kappa shape index (κ3) is 1.53. The molecule has 2 nitrogen and oxygen atoms in total. The van der Waals surface area contributed by atoms with Gasteiger partial charge in [0.25, 0.3) is 0 Å². The molecule has 0 bridgehead atoms. The lowest BCUT2D eigenvalue weighted by Gasteiger charge is -2.29. The van der Waals surface area contributed by atoms with E-state index in [1.165, 1.54) is 11.1 Å². The molecule has 1 aromatic carbocycles. The summed E-state index contributed by atoms with van der Waals surface area (Å²) in [4.78, 5) is 0. The Morgan fingerprint density at radius 3 is 3.13 bits per heavy atom. The zero-order chi connectivity index (χ0) is 10.4. The Kier molecular flexibility index (Phi) is 2.51. The van der Waals surface area contributed by atoms with Crippen LogP contribution in [0.3, 0.4) is 0 Å². The zero-order valence-corrected chi connectivity index (χ0v) is 10.4. The number of rotatable bonds is 0. The molecule has 80 valence electrons. The fourth-order valence-electron chi connectivity index (χ4n) is 2.45. The summed E-state index contributed by atoms with van der Waals surface area (Å²) in [6.07, 6.45) is 0.312. The lowest BCUT2D eigenvalue weighted by molar-refractivity contribution is 0.0297. The summed E-state index contributed by atoms with van der Waals surface area (Å²) in [7, 11) is 0. The molecule has 0 saturated carbocycles. The van der Waals surface area contributed by atoms with Crippen molar-refractivity contribution in [1.82, 2.24) is 5.32 Å². The van der Waals surface area contributed by atoms with Crippen molar-refractivity contribution in [2.24, 2.45) is 0 Å². The van der Waals surface area contributed by atoms with E-state index in [0.717, 1.165) is 22.6 Å². The largest absolute Gasteiger partial charge is 0.372 e. The number of hydrogen-bond donors (Lipinski definition) is 1. The topological polar surface area (TPSA) is 21.3 Å². The summed E-state index contributed by atoms with van der Waals surface area (Å²) < 4.78 is 6.84. The highest BCUT2D eigenvalue weighted by atomic mass is 79.9. The standard InChI is InChI=1S/C11H11BrClNO/c12-11-8(13)2-1-6-5-15-9-4-14-3-7(9)10(6)11/h1-2,7,9,14H,3-5H2/t7-,9+/m1/s1. The summed E-state index contributed by atoms with van der Waals surface area (Å²) in [5, 5.41) is 4.16. The molecule has 2 atom stereocenters. The summed E-state index contributed by atoms with van der Waals surface area (Å²) in [6.45, 7) is 2.63. The Labute approximate surface area is 102 Å². The Hall–Kier alpha value is -0.0900. The molecule has 3 rings (SSSR count). The van der Waals surface area contributed by atoms with E-state index in [1.54, 1.807) is 0 Å². The molecule has 1 saturated heterocycles. The predicted molar refractivity (Wildman–Crippen MR) is 63.3 cm³/mol. The van der Waals surface area contributed by atoms with E-state index < -0.39 is 0 Å². The number of nitrogens with one attached hydrogen (secondary N) is 1. The fraction of sp³-hybridized carbons (Fsp3) is 0.455. The molecule has 1 N–H and O–H groups in total. The summed E-state index contributed by atoms with van der Waals surface area (Å²) in [5.41, 5.74) is 2.60. The summed E-state index contributed by atoms with van der Waals surface area (Å²) in [6, 6.07) is 3.99. The number of hydrogen-bond acceptors (Lipinski definition) is 2. The average Bonchev–Trinajstić information content (AvgIpc) is 2.70. The first-order chi connectivity index (χ1) is 7.27. The Morgan fingerprint density at radius 1 is 1.40 bits per heavy atom. The third-order valence-electron chi connectivity index (χ3n) is 3.21. The van der Waals surface area contributed by atoms with Crippen LogP contribution in [0.4, 0.5) is 0 Å². The number of halogens is 2. The van der Waals surface area contributed by atoms with Gasteiger partial charge in [-0.15, -0.1) is 0 Å². The van der Waals surface area contributed by atoms with Gasteiger partial charge in [0.15, 0.2) is 0 Å². The van der Waals surface area contributed by atoms with Gasteiger partial charge in [-0.05, 0) is 33.1 Å². The van der Waals surface area contributed by atoms with Crippen LogP contribution < -0.4 is 5.32 Å². The average molecular weight is 289 g/mol. The molecular weight excluding hydrogens is 277 g/mol. The van der Waals surface area contributed by atoms with Crippen LogP contribution in [0.1, 0.15) is 17.0 Å². The van der Waals surface area contributed by atoms with Crippen LogP contribution >= 0.6 is 27.5 Å². The van der Waals surface area contributed by atoms with Gasteiger partial charge < -0.3 is 10.1 Å². The van der Waals surface area contributed by atoms with Crippen molar-refractivity contribution in [2.75, 3.05) is 13.1 Å². The van der Waals surface area contributed by atoms with E-state index in [2.05, 4.69) is 27.3 Å². The van der Waals surface area contributed by atoms with Crippen LogP contribution in [0.15, 0.2) is 16.6 Å². The van der Waals surface area contributed by atoms with Crippen molar-refractivity contribution in [3.05, 3.63) is 32.8 Å². The van der Waals surface area contributed by atoms with Gasteiger partial charge in [0.05, 0.1) is 17.7 Å². The highest BCUT2D eigenvalue weighted by molar-refractivity contribution is 9.10. The van der Waals surface area contributed by atoms with Crippen molar-refractivity contribution in [1.29, 1.82) is 0 Å². The lowest BCUT2D eigenvalue weighted by atomic mass is 9.90. The van der Waals surface area contributed by atoms with E-state index in [4.69, 9.17) is 16.3 Å². The van der Waals surface area contributed by atoms with E-state index in [-0.39, 0.29) is 0 Å². The second-order valence-corrected chi connectivity index (χ2v) is 5.25. The quantitative estimate of drug-likeness (QED) is 0.792. The van der Waals surface area contributed by atoms with Crippen LogP contribution in [-0.4, -0.2) is 19.2 Å². The SMILES string of the molecule is Clc1ccc2c(c1Br)[C@@H]1CNC[C@@H]1OC2. The molecule has 2 heterocycles. The molecule has 0 aromatic heterocycles. The number of ether oxygens (including phenoxy) is 1. The van der Waals surface area contributed by atoms with Crippen LogP contribution in [0.5, 0.6) is 0 Å². The lowest BCUT2D eigenvalue weighted by Crippen LogP contribution is -2.27. The maximum absolute atomic E-state index is 6.13. The van der Waals surface area contributed by atoms with Crippen molar-refractivity contribution in [2.45, 2.75) is 18.6 Å². The molecule has 4 heteroatoms. The van der Waals surface area contributed by atoms with Gasteiger partial charge in [-0.3, -0.25) is 0 Å². The van der Waals surface area contributed by atoms with E-state index in [9.17, 15) is 0 Å². The number of benzene rings is 1. The highest BCUT2D eigenvalue weighted by Crippen LogP contribution is 2.40. The van der Waals surface area contributed by atoms with Crippen molar-refractivity contribution in [3.8, 4) is 0 Å². The van der Waals surface area contributed by atoms with Gasteiger partial charge in [-0.25, -0.2) is 0 Å². The second kappa shape index (κ2) is 3.74. The fourth-order valence-corrected chi connectivity index (χ4v) is 3.29. The first kappa shape index (κ1) is 10.1. The van der Waals surface area contributed by atoms with E-state index >= 15 is 0 Å². The van der Waals surface area contributed by atoms with Crippen molar-refractivity contribution >= 4 is 27.5 Å². The van der Waals surface area contributed by atoms with Crippen molar-refractivity contribution in [3.63, 3.8) is 0 Å². The van der Waals surface area contributed by atoms with Gasteiger partial charge >= 0.3 is 0 Å². The smallest absolute Gasteiger partial charge is 0.0785 e. The summed E-state index contributed by atoms with van der Waals surface area (Å²) >= 11 is 9.72. The van der Waals surface area contributed by atoms with Gasteiger partial charge in [0.1, 0.15) is 0 Å². The maximum Gasteiger partial charge on any atom is 0.0785 e. The number of fused-ring (bicyclic) bond motifs is 3. The van der Waals surface area contributed by atoms with Gasteiger partial charge in [-0.2, -0.15) is 0 Å². The Bertz CT molecular complexity index is 410. The molecule has 2 aliphatic heterocycles. The van der Waals surface area contributed by atoms with Crippen LogP contribution in [-0.2, 0) is 11.3 Å². The maximum atomic E-state index is 6.13. The molecule has 1 fully saturated rings. The van der Waals surface area contributed by atoms with Crippen LogP contribution in [0.25, 0.3) is 0 Å². The minimum absolute atomic E-state index is 0.312. The molecule has 0 amide bonds. The van der Waals surface area contributed by atoms with Gasteiger partial charge in [0, 0.05) is 23.5 Å². The minimum Gasteiger partial charge on any atom is -0.372 e. The molecule has 0 aliphatic carbocycles. The third-order valence-corrected chi connectivity index (χ3v) is 4.60. The van der Waals surface area contributed by atoms with Gasteiger partial charge in [-0.1, -0.05) is 17.7 Å². The Morgan fingerprint density at radius 2 is 2.27 bits per heavy atom. The zero-order valence-electron chi connectivity index (χ0n) is 8.09. The molecule has 15 heavy (non-hydrogen) atoms. The predicted octanol–water partition coefficient (Wildman–Crippen LogP) is 2.69. The second-order valence-electron chi connectivity index (χ2n) is 4.05. The van der Waals surface area contributed by atoms with E-state index in [1.807, 2.05) is 6.07 Å². The molecule has 1 aromatic rings. The normalized spacial score (nSPS) is 28.7. The molecule has 0 spiro atoms. The highest BCUT2D eigenvalue weighted by Gasteiger charge is 2.35. The first-order valence-corrected chi connectivity index (χ1v) is 6.23. The summed E-state index contributed by atoms with van der Waals surface area (Å²) in [5.74, 6) is 0.446. The molecule has 0 unspecified atom stereocenters. The Balaban J connectivity index is 2.14. The first-order valence-electron chi connectivity index (χ1n) is 5.06. The molecule has 2 aliphatic rings. The monoisotopic (exact) mass is 287 g/mol. The van der Waals surface area contributed by atoms with E-state index in [0.29, 0.717) is 18.6 Å². The minimum atomic E-state index is 0.312.